The highest BCUT2D eigenvalue weighted by Gasteiger charge is 2.40. The van der Waals surface area contributed by atoms with Crippen LogP contribution in [-0.4, -0.2) is 32.3 Å². The van der Waals surface area contributed by atoms with Crippen molar-refractivity contribution in [1.82, 2.24) is 19.8 Å². The predicted octanol–water partition coefficient (Wildman–Crippen LogP) is 4.26. The van der Waals surface area contributed by atoms with Gasteiger partial charge in [0.05, 0.1) is 11.7 Å². The van der Waals surface area contributed by atoms with E-state index in [-0.39, 0.29) is 30.0 Å². The molecule has 0 spiro atoms. The molecule has 0 aromatic carbocycles. The molecule has 4 rings (SSSR count). The topological polar surface area (TPSA) is 64.2 Å². The zero-order valence-electron chi connectivity index (χ0n) is 16.6. The Hall–Kier alpha value is -2.32. The Morgan fingerprint density at radius 2 is 2.03 bits per heavy atom. The maximum Gasteiger partial charge on any atom is 0.435 e. The van der Waals surface area contributed by atoms with E-state index in [0.717, 1.165) is 25.0 Å². The van der Waals surface area contributed by atoms with Crippen molar-refractivity contribution in [2.75, 3.05) is 6.54 Å². The summed E-state index contributed by atoms with van der Waals surface area (Å²) in [7, 11) is 0. The third kappa shape index (κ3) is 3.79. The SMILES string of the molecule is CC(C)c1cc(C2CCCN2C(=O)Cn2nc(C(F)(F)F)c3c2CCCC3)on1. The molecule has 0 saturated carbocycles. The number of likely N-dealkylation sites (tertiary alicyclic amines) is 1. The quantitative estimate of drug-likeness (QED) is 0.756. The molecule has 0 bridgehead atoms. The van der Waals surface area contributed by atoms with E-state index in [1.807, 2.05) is 19.9 Å². The number of hydrogen-bond acceptors (Lipinski definition) is 4. The second-order valence-corrected chi connectivity index (χ2v) is 8.19. The summed E-state index contributed by atoms with van der Waals surface area (Å²) >= 11 is 0. The van der Waals surface area contributed by atoms with Crippen LogP contribution in [0.25, 0.3) is 0 Å². The van der Waals surface area contributed by atoms with Crippen molar-refractivity contribution in [2.45, 2.75) is 77.1 Å². The van der Waals surface area contributed by atoms with Gasteiger partial charge in [0.25, 0.3) is 0 Å². The maximum atomic E-state index is 13.4. The van der Waals surface area contributed by atoms with Crippen LogP contribution in [0.15, 0.2) is 10.6 Å². The molecule has 9 heteroatoms. The first-order valence-corrected chi connectivity index (χ1v) is 10.2. The van der Waals surface area contributed by atoms with Gasteiger partial charge in [-0.3, -0.25) is 9.48 Å². The van der Waals surface area contributed by atoms with Gasteiger partial charge in [-0.1, -0.05) is 19.0 Å². The van der Waals surface area contributed by atoms with E-state index >= 15 is 0 Å². The van der Waals surface area contributed by atoms with Gasteiger partial charge in [-0.2, -0.15) is 18.3 Å². The summed E-state index contributed by atoms with van der Waals surface area (Å²) in [6, 6.07) is 1.65. The average Bonchev–Trinajstić information content (AvgIpc) is 3.39. The van der Waals surface area contributed by atoms with E-state index in [4.69, 9.17) is 4.52 Å². The molecule has 0 N–H and O–H groups in total. The fourth-order valence-electron chi connectivity index (χ4n) is 4.34. The van der Waals surface area contributed by atoms with Crippen LogP contribution in [0.3, 0.4) is 0 Å². The monoisotopic (exact) mass is 410 g/mol. The number of alkyl halides is 3. The molecule has 1 amide bonds. The number of amides is 1. The molecule has 6 nitrogen and oxygen atoms in total. The third-order valence-electron chi connectivity index (χ3n) is 5.85. The predicted molar refractivity (Wildman–Crippen MR) is 98.2 cm³/mol. The van der Waals surface area contributed by atoms with E-state index in [2.05, 4.69) is 10.3 Å². The highest BCUT2D eigenvalue weighted by atomic mass is 19.4. The molecule has 2 aliphatic rings. The van der Waals surface area contributed by atoms with Crippen molar-refractivity contribution in [1.29, 1.82) is 0 Å². The van der Waals surface area contributed by atoms with E-state index < -0.39 is 11.9 Å². The molecule has 0 radical (unpaired) electrons. The van der Waals surface area contributed by atoms with Gasteiger partial charge in [-0.25, -0.2) is 0 Å². The van der Waals surface area contributed by atoms with Gasteiger partial charge in [0.15, 0.2) is 11.5 Å². The lowest BCUT2D eigenvalue weighted by Gasteiger charge is -2.23. The summed E-state index contributed by atoms with van der Waals surface area (Å²) in [4.78, 5) is 14.7. The summed E-state index contributed by atoms with van der Waals surface area (Å²) in [5, 5.41) is 7.88. The van der Waals surface area contributed by atoms with Gasteiger partial charge < -0.3 is 9.42 Å². The second kappa shape index (κ2) is 7.50. The van der Waals surface area contributed by atoms with Crippen LogP contribution in [0.5, 0.6) is 0 Å². The standard InChI is InChI=1S/C20H25F3N4O2/c1-12(2)14-10-17(29-25-14)16-8-5-9-26(16)18(28)11-27-15-7-4-3-6-13(15)19(24-27)20(21,22)23/h10,12,16H,3-9,11H2,1-2H3. The van der Waals surface area contributed by atoms with Crippen LogP contribution in [0.4, 0.5) is 13.2 Å². The summed E-state index contributed by atoms with van der Waals surface area (Å²) in [5.41, 5.74) is 0.797. The molecule has 1 unspecified atom stereocenters. The molecule has 1 atom stereocenters. The smallest absolute Gasteiger partial charge is 0.359 e. The lowest BCUT2D eigenvalue weighted by molar-refractivity contribution is -0.142. The Morgan fingerprint density at radius 3 is 2.72 bits per heavy atom. The Balaban J connectivity index is 1.56. The molecular weight excluding hydrogens is 385 g/mol. The van der Waals surface area contributed by atoms with Crippen LogP contribution in [-0.2, 0) is 30.4 Å². The Morgan fingerprint density at radius 1 is 1.28 bits per heavy atom. The van der Waals surface area contributed by atoms with Crippen molar-refractivity contribution in [3.8, 4) is 0 Å². The number of fused-ring (bicyclic) bond motifs is 1. The summed E-state index contributed by atoms with van der Waals surface area (Å²) in [6.45, 7) is 4.40. The van der Waals surface area contributed by atoms with Gasteiger partial charge >= 0.3 is 6.18 Å². The van der Waals surface area contributed by atoms with Crippen LogP contribution < -0.4 is 0 Å². The number of carbonyl (C=O) groups excluding carboxylic acids is 1. The largest absolute Gasteiger partial charge is 0.435 e. The lowest BCUT2D eigenvalue weighted by Crippen LogP contribution is -2.34. The third-order valence-corrected chi connectivity index (χ3v) is 5.85. The maximum absolute atomic E-state index is 13.4. The average molecular weight is 410 g/mol. The lowest BCUT2D eigenvalue weighted by atomic mass is 9.95. The highest BCUT2D eigenvalue weighted by Crippen LogP contribution is 2.37. The highest BCUT2D eigenvalue weighted by molar-refractivity contribution is 5.77. The number of halogens is 3. The zero-order valence-corrected chi connectivity index (χ0v) is 16.6. The van der Waals surface area contributed by atoms with E-state index in [1.165, 1.54) is 4.68 Å². The number of aromatic nitrogens is 3. The van der Waals surface area contributed by atoms with E-state index in [9.17, 15) is 18.0 Å². The van der Waals surface area contributed by atoms with E-state index in [1.54, 1.807) is 4.90 Å². The number of nitrogens with zero attached hydrogens (tertiary/aromatic N) is 4. The van der Waals surface area contributed by atoms with Gasteiger partial charge in [-0.15, -0.1) is 0 Å². The van der Waals surface area contributed by atoms with Crippen molar-refractivity contribution in [2.24, 2.45) is 0 Å². The van der Waals surface area contributed by atoms with Crippen molar-refractivity contribution in [3.05, 3.63) is 34.5 Å². The van der Waals surface area contributed by atoms with Gasteiger partial charge in [0.2, 0.25) is 5.91 Å². The molecule has 1 aliphatic heterocycles. The Bertz CT molecular complexity index is 900. The van der Waals surface area contributed by atoms with E-state index in [0.29, 0.717) is 37.3 Å². The molecule has 1 fully saturated rings. The van der Waals surface area contributed by atoms with Gasteiger partial charge in [0.1, 0.15) is 6.54 Å². The van der Waals surface area contributed by atoms with Crippen molar-refractivity contribution >= 4 is 5.91 Å². The number of rotatable bonds is 4. The van der Waals surface area contributed by atoms with Gasteiger partial charge in [-0.05, 0) is 44.4 Å². The molecular formula is C20H25F3N4O2. The van der Waals surface area contributed by atoms with Gasteiger partial charge in [0, 0.05) is 23.9 Å². The molecule has 3 heterocycles. The molecule has 2 aromatic rings. The fraction of sp³-hybridized carbons (Fsp3) is 0.650. The van der Waals surface area contributed by atoms with Crippen LogP contribution in [0, 0.1) is 0 Å². The molecule has 1 saturated heterocycles. The summed E-state index contributed by atoms with van der Waals surface area (Å²) in [6.07, 6.45) is -0.516. The molecule has 29 heavy (non-hydrogen) atoms. The molecule has 158 valence electrons. The number of hydrogen-bond donors (Lipinski definition) is 0. The Labute approximate surface area is 167 Å². The fourth-order valence-corrected chi connectivity index (χ4v) is 4.34. The van der Waals surface area contributed by atoms with Crippen LogP contribution in [0.1, 0.15) is 79.9 Å². The van der Waals surface area contributed by atoms with Crippen molar-refractivity contribution in [3.63, 3.8) is 0 Å². The molecule has 1 aliphatic carbocycles. The first kappa shape index (κ1) is 20.0. The summed E-state index contributed by atoms with van der Waals surface area (Å²) < 4.78 is 46.9. The minimum atomic E-state index is -4.50. The first-order valence-electron chi connectivity index (χ1n) is 10.2. The minimum absolute atomic E-state index is 0.180. The zero-order chi connectivity index (χ0) is 20.8. The van der Waals surface area contributed by atoms with Crippen molar-refractivity contribution < 1.29 is 22.5 Å². The minimum Gasteiger partial charge on any atom is -0.359 e. The van der Waals surface area contributed by atoms with Crippen LogP contribution >= 0.6 is 0 Å². The molecule has 2 aromatic heterocycles. The Kier molecular flexibility index (Phi) is 5.16. The number of carbonyl (C=O) groups is 1. The summed E-state index contributed by atoms with van der Waals surface area (Å²) in [5.74, 6) is 0.618. The first-order chi connectivity index (χ1) is 13.8. The van der Waals surface area contributed by atoms with Crippen LogP contribution in [0.2, 0.25) is 0 Å². The second-order valence-electron chi connectivity index (χ2n) is 8.19. The normalized spacial score (nSPS) is 19.8.